The summed E-state index contributed by atoms with van der Waals surface area (Å²) in [5, 5.41) is 5.79. The standard InChI is InChI=1S/C16H22BrN3O2S/c1-20(11-16(22)19-13-4-5-13)10-15(21)18-8-9-23-14-6-2-12(17)3-7-14/h2-3,6-7,13H,4-5,8-11H2,1H3,(H,18,21)(H,19,22). The Morgan fingerprint density at radius 2 is 1.87 bits per heavy atom. The number of thioether (sulfide) groups is 1. The lowest BCUT2D eigenvalue weighted by Crippen LogP contribution is -2.41. The molecule has 0 aliphatic heterocycles. The van der Waals surface area contributed by atoms with Gasteiger partial charge in [-0.1, -0.05) is 15.9 Å². The van der Waals surface area contributed by atoms with Crippen LogP contribution < -0.4 is 10.6 Å². The summed E-state index contributed by atoms with van der Waals surface area (Å²) in [5.74, 6) is 0.760. The predicted octanol–water partition coefficient (Wildman–Crippen LogP) is 1.87. The fourth-order valence-electron chi connectivity index (χ4n) is 1.99. The number of rotatable bonds is 9. The van der Waals surface area contributed by atoms with Gasteiger partial charge in [0, 0.05) is 27.7 Å². The molecule has 0 radical (unpaired) electrons. The maximum atomic E-state index is 11.8. The largest absolute Gasteiger partial charge is 0.354 e. The van der Waals surface area contributed by atoms with Gasteiger partial charge in [-0.15, -0.1) is 11.8 Å². The molecule has 1 aliphatic carbocycles. The highest BCUT2D eigenvalue weighted by Gasteiger charge is 2.23. The van der Waals surface area contributed by atoms with E-state index in [9.17, 15) is 9.59 Å². The van der Waals surface area contributed by atoms with Crippen LogP contribution in [0, 0.1) is 0 Å². The second-order valence-electron chi connectivity index (χ2n) is 5.67. The first kappa shape index (κ1) is 18.3. The number of hydrogen-bond donors (Lipinski definition) is 2. The number of amides is 2. The number of carbonyl (C=O) groups is 2. The fraction of sp³-hybridized carbons (Fsp3) is 0.500. The van der Waals surface area contributed by atoms with E-state index >= 15 is 0 Å². The Balaban J connectivity index is 1.55. The molecular weight excluding hydrogens is 378 g/mol. The molecule has 23 heavy (non-hydrogen) atoms. The molecule has 1 saturated carbocycles. The molecular formula is C16H22BrN3O2S. The van der Waals surface area contributed by atoms with E-state index in [0.717, 1.165) is 23.1 Å². The molecule has 7 heteroatoms. The molecule has 0 unspecified atom stereocenters. The first-order valence-corrected chi connectivity index (χ1v) is 9.44. The molecule has 0 bridgehead atoms. The Morgan fingerprint density at radius 1 is 1.22 bits per heavy atom. The van der Waals surface area contributed by atoms with E-state index in [4.69, 9.17) is 0 Å². The molecule has 0 spiro atoms. The van der Waals surface area contributed by atoms with Gasteiger partial charge in [0.1, 0.15) is 0 Å². The topological polar surface area (TPSA) is 61.4 Å². The molecule has 1 aromatic carbocycles. The number of carbonyl (C=O) groups excluding carboxylic acids is 2. The second kappa shape index (κ2) is 9.30. The quantitative estimate of drug-likeness (QED) is 0.491. The number of likely N-dealkylation sites (N-methyl/N-ethyl adjacent to an activating group) is 1. The molecule has 2 rings (SSSR count). The molecule has 0 heterocycles. The first-order valence-electron chi connectivity index (χ1n) is 7.66. The number of halogens is 1. The van der Waals surface area contributed by atoms with Crippen molar-refractivity contribution in [3.8, 4) is 0 Å². The summed E-state index contributed by atoms with van der Waals surface area (Å²) in [7, 11) is 1.78. The highest BCUT2D eigenvalue weighted by molar-refractivity contribution is 9.10. The first-order chi connectivity index (χ1) is 11.0. The normalized spacial score (nSPS) is 13.9. The van der Waals surface area contributed by atoms with Crippen LogP contribution in [0.2, 0.25) is 0 Å². The maximum Gasteiger partial charge on any atom is 0.234 e. The molecule has 1 aromatic rings. The third-order valence-electron chi connectivity index (χ3n) is 3.28. The Bertz CT molecular complexity index is 535. The molecule has 0 aromatic heterocycles. The van der Waals surface area contributed by atoms with Gasteiger partial charge in [0.15, 0.2) is 0 Å². The minimum absolute atomic E-state index is 0.00593. The van der Waals surface area contributed by atoms with E-state index in [0.29, 0.717) is 12.6 Å². The molecule has 2 amide bonds. The lowest BCUT2D eigenvalue weighted by molar-refractivity contribution is -0.124. The van der Waals surface area contributed by atoms with Crippen molar-refractivity contribution in [3.63, 3.8) is 0 Å². The fourth-order valence-corrected chi connectivity index (χ4v) is 3.03. The van der Waals surface area contributed by atoms with Crippen molar-refractivity contribution < 1.29 is 9.59 Å². The molecule has 0 saturated heterocycles. The summed E-state index contributed by atoms with van der Waals surface area (Å²) in [6.45, 7) is 1.11. The summed E-state index contributed by atoms with van der Waals surface area (Å²) in [5.41, 5.74) is 0. The van der Waals surface area contributed by atoms with E-state index in [1.165, 1.54) is 4.90 Å². The molecule has 126 valence electrons. The van der Waals surface area contributed by atoms with Gasteiger partial charge >= 0.3 is 0 Å². The van der Waals surface area contributed by atoms with E-state index in [2.05, 4.69) is 26.6 Å². The predicted molar refractivity (Wildman–Crippen MR) is 96.5 cm³/mol. The van der Waals surface area contributed by atoms with Crippen molar-refractivity contribution in [2.75, 3.05) is 32.4 Å². The van der Waals surface area contributed by atoms with Crippen LogP contribution in [0.3, 0.4) is 0 Å². The van der Waals surface area contributed by atoms with Crippen LogP contribution >= 0.6 is 27.7 Å². The average molecular weight is 400 g/mol. The summed E-state index contributed by atoms with van der Waals surface area (Å²) >= 11 is 5.10. The highest BCUT2D eigenvalue weighted by atomic mass is 79.9. The van der Waals surface area contributed by atoms with Gasteiger partial charge in [0.05, 0.1) is 13.1 Å². The summed E-state index contributed by atoms with van der Waals surface area (Å²) in [6, 6.07) is 8.46. The number of benzene rings is 1. The number of nitrogens with one attached hydrogen (secondary N) is 2. The minimum Gasteiger partial charge on any atom is -0.354 e. The zero-order valence-electron chi connectivity index (χ0n) is 13.2. The average Bonchev–Trinajstić information content (AvgIpc) is 3.29. The Morgan fingerprint density at radius 3 is 2.52 bits per heavy atom. The van der Waals surface area contributed by atoms with Crippen LogP contribution in [-0.4, -0.2) is 55.2 Å². The van der Waals surface area contributed by atoms with Gasteiger partial charge in [-0.3, -0.25) is 14.5 Å². The van der Waals surface area contributed by atoms with Crippen LogP contribution in [0.25, 0.3) is 0 Å². The van der Waals surface area contributed by atoms with Crippen LogP contribution in [0.1, 0.15) is 12.8 Å². The Hall–Kier alpha value is -1.05. The third kappa shape index (κ3) is 7.85. The van der Waals surface area contributed by atoms with E-state index < -0.39 is 0 Å². The van der Waals surface area contributed by atoms with Crippen molar-refractivity contribution in [1.82, 2.24) is 15.5 Å². The van der Waals surface area contributed by atoms with Gasteiger partial charge in [-0.25, -0.2) is 0 Å². The Labute approximate surface area is 149 Å². The van der Waals surface area contributed by atoms with Gasteiger partial charge < -0.3 is 10.6 Å². The Kier molecular flexibility index (Phi) is 7.39. The molecule has 1 aliphatic rings. The second-order valence-corrected chi connectivity index (χ2v) is 7.75. The van der Waals surface area contributed by atoms with Gasteiger partial charge in [-0.05, 0) is 44.2 Å². The molecule has 2 N–H and O–H groups in total. The van der Waals surface area contributed by atoms with E-state index in [1.54, 1.807) is 23.7 Å². The lowest BCUT2D eigenvalue weighted by atomic mass is 10.4. The maximum absolute atomic E-state index is 11.8. The molecule has 1 fully saturated rings. The summed E-state index contributed by atoms with van der Waals surface area (Å²) < 4.78 is 1.06. The van der Waals surface area contributed by atoms with E-state index in [-0.39, 0.29) is 24.9 Å². The van der Waals surface area contributed by atoms with Crippen molar-refractivity contribution in [1.29, 1.82) is 0 Å². The van der Waals surface area contributed by atoms with Gasteiger partial charge in [-0.2, -0.15) is 0 Å². The van der Waals surface area contributed by atoms with E-state index in [1.807, 2.05) is 24.3 Å². The van der Waals surface area contributed by atoms with Crippen LogP contribution in [0.4, 0.5) is 0 Å². The molecule has 5 nitrogen and oxygen atoms in total. The van der Waals surface area contributed by atoms with Crippen LogP contribution in [0.5, 0.6) is 0 Å². The minimum atomic E-state index is -0.0527. The van der Waals surface area contributed by atoms with Gasteiger partial charge in [0.2, 0.25) is 11.8 Å². The third-order valence-corrected chi connectivity index (χ3v) is 4.82. The lowest BCUT2D eigenvalue weighted by Gasteiger charge is -2.15. The van der Waals surface area contributed by atoms with Crippen molar-refractivity contribution in [3.05, 3.63) is 28.7 Å². The van der Waals surface area contributed by atoms with Crippen molar-refractivity contribution in [2.24, 2.45) is 0 Å². The monoisotopic (exact) mass is 399 g/mol. The highest BCUT2D eigenvalue weighted by Crippen LogP contribution is 2.20. The van der Waals surface area contributed by atoms with Crippen LogP contribution in [0.15, 0.2) is 33.6 Å². The summed E-state index contributed by atoms with van der Waals surface area (Å²) in [6.07, 6.45) is 2.15. The number of hydrogen-bond acceptors (Lipinski definition) is 4. The SMILES string of the molecule is CN(CC(=O)NCCSc1ccc(Br)cc1)CC(=O)NC1CC1. The summed E-state index contributed by atoms with van der Waals surface area (Å²) in [4.78, 5) is 26.4. The molecule has 0 atom stereocenters. The van der Waals surface area contributed by atoms with Gasteiger partial charge in [0.25, 0.3) is 0 Å². The zero-order valence-corrected chi connectivity index (χ0v) is 15.6. The van der Waals surface area contributed by atoms with Crippen molar-refractivity contribution >= 4 is 39.5 Å². The number of nitrogens with zero attached hydrogens (tertiary/aromatic N) is 1. The van der Waals surface area contributed by atoms with Crippen LogP contribution in [-0.2, 0) is 9.59 Å². The smallest absolute Gasteiger partial charge is 0.234 e. The van der Waals surface area contributed by atoms with Crippen molar-refractivity contribution in [2.45, 2.75) is 23.8 Å². The zero-order chi connectivity index (χ0) is 16.7.